The van der Waals surface area contributed by atoms with Crippen molar-refractivity contribution in [2.45, 2.75) is 12.8 Å². The van der Waals surface area contributed by atoms with E-state index >= 15 is 0 Å². The molecule has 1 N–H and O–H groups in total. The van der Waals surface area contributed by atoms with Crippen LogP contribution in [0, 0.1) is 0 Å². The van der Waals surface area contributed by atoms with Crippen LogP contribution in [0.2, 0.25) is 0 Å². The van der Waals surface area contributed by atoms with Crippen LogP contribution in [-0.2, 0) is 4.79 Å². The number of carbonyl (C=O) groups excluding carboxylic acids is 1. The van der Waals surface area contributed by atoms with E-state index in [9.17, 15) is 9.59 Å². The molecule has 2 aromatic rings. The zero-order valence-corrected chi connectivity index (χ0v) is 16.5. The number of carboxylic acids is 1. The zero-order chi connectivity index (χ0) is 13.8. The minimum Gasteiger partial charge on any atom is -0.481 e. The van der Waals surface area contributed by atoms with Gasteiger partial charge in [-0.3, -0.25) is 9.59 Å². The molecule has 0 saturated carbocycles. The number of benzene rings is 2. The van der Waals surface area contributed by atoms with E-state index in [4.69, 9.17) is 5.11 Å². The Morgan fingerprint density at radius 1 is 0.905 bits per heavy atom. The molecule has 0 spiro atoms. The van der Waals surface area contributed by atoms with Crippen LogP contribution in [0.25, 0.3) is 0 Å². The normalized spacial score (nSPS) is 10.7. The first-order valence-corrected chi connectivity index (χ1v) is 6.02. The van der Waals surface area contributed by atoms with Gasteiger partial charge in [-0.15, -0.1) is 0 Å². The molecular formula is C16H14Na2O3. The molecule has 5 heteroatoms. The first-order valence-electron chi connectivity index (χ1n) is 6.02. The van der Waals surface area contributed by atoms with Crippen molar-refractivity contribution in [3.05, 3.63) is 71.3 Å². The van der Waals surface area contributed by atoms with E-state index in [0.29, 0.717) is 16.7 Å². The van der Waals surface area contributed by atoms with Gasteiger partial charge < -0.3 is 5.11 Å². The average molecular weight is 300 g/mol. The number of hydrogen-bond donors (Lipinski definition) is 1. The topological polar surface area (TPSA) is 54.4 Å². The van der Waals surface area contributed by atoms with Crippen molar-refractivity contribution in [1.29, 1.82) is 0 Å². The number of rotatable bonds is 4. The fourth-order valence-corrected chi connectivity index (χ4v) is 1.85. The minimum absolute atomic E-state index is 0. The minimum atomic E-state index is -0.899. The molecular weight excluding hydrogens is 286 g/mol. The van der Waals surface area contributed by atoms with Gasteiger partial charge in [-0.25, -0.2) is 0 Å². The van der Waals surface area contributed by atoms with Crippen LogP contribution in [0.3, 0.4) is 0 Å². The second-order valence-electron chi connectivity index (χ2n) is 4.38. The van der Waals surface area contributed by atoms with Gasteiger partial charge in [-0.05, 0) is 18.6 Å². The molecule has 21 heavy (non-hydrogen) atoms. The summed E-state index contributed by atoms with van der Waals surface area (Å²) in [4.78, 5) is 23.2. The summed E-state index contributed by atoms with van der Waals surface area (Å²) >= 11 is 0. The van der Waals surface area contributed by atoms with E-state index in [2.05, 4.69) is 0 Å². The summed E-state index contributed by atoms with van der Waals surface area (Å²) in [7, 11) is 0. The van der Waals surface area contributed by atoms with E-state index < -0.39 is 11.9 Å². The van der Waals surface area contributed by atoms with Crippen LogP contribution < -0.4 is 0 Å². The molecule has 0 aliphatic carbocycles. The monoisotopic (exact) mass is 300 g/mol. The van der Waals surface area contributed by atoms with Crippen LogP contribution in [0.1, 0.15) is 34.3 Å². The Kier molecular flexibility index (Phi) is 9.38. The summed E-state index contributed by atoms with van der Waals surface area (Å²) in [5.41, 5.74) is 1.74. The van der Waals surface area contributed by atoms with Crippen molar-refractivity contribution in [1.82, 2.24) is 0 Å². The van der Waals surface area contributed by atoms with E-state index in [1.807, 2.05) is 6.07 Å². The predicted octanol–water partition coefficient (Wildman–Crippen LogP) is 2.34. The Balaban J connectivity index is 0.00000200. The number of aliphatic carboxylic acids is 1. The van der Waals surface area contributed by atoms with Gasteiger partial charge in [-0.2, -0.15) is 0 Å². The second kappa shape index (κ2) is 9.57. The third-order valence-electron chi connectivity index (χ3n) is 3.06. The Morgan fingerprint density at radius 3 is 2.05 bits per heavy atom. The van der Waals surface area contributed by atoms with Gasteiger partial charge in [0.1, 0.15) is 0 Å². The van der Waals surface area contributed by atoms with Gasteiger partial charge in [0.15, 0.2) is 5.78 Å². The van der Waals surface area contributed by atoms with Crippen molar-refractivity contribution < 1.29 is 14.7 Å². The molecule has 0 amide bonds. The maximum Gasteiger partial charge on any atom is 0.310 e. The van der Waals surface area contributed by atoms with Crippen LogP contribution >= 0.6 is 0 Å². The van der Waals surface area contributed by atoms with Gasteiger partial charge in [0.25, 0.3) is 0 Å². The third kappa shape index (κ3) is 5.37. The van der Waals surface area contributed by atoms with Crippen molar-refractivity contribution >= 4 is 70.9 Å². The van der Waals surface area contributed by atoms with Crippen molar-refractivity contribution in [2.24, 2.45) is 0 Å². The quantitative estimate of drug-likeness (QED) is 0.696. The Morgan fingerprint density at radius 2 is 1.48 bits per heavy atom. The fourth-order valence-electron chi connectivity index (χ4n) is 1.85. The molecule has 98 valence electrons. The van der Waals surface area contributed by atoms with Gasteiger partial charge >= 0.3 is 5.97 Å². The maximum absolute atomic E-state index is 12.2. The standard InChI is InChI=1S/C16H14O3.2Na/c1-11(16(18)19)13-8-5-9-14(10-13)15(17)12-6-3-2-4-7-12;;/h2-11H,1H3,(H,18,19);;. The Hall–Kier alpha value is -0.420. The number of carboxylic acid groups (broad SMARTS) is 1. The van der Waals surface area contributed by atoms with Gasteiger partial charge in [0, 0.05) is 70.2 Å². The zero-order valence-electron chi connectivity index (χ0n) is 12.5. The molecule has 3 nitrogen and oxygen atoms in total. The van der Waals surface area contributed by atoms with Crippen LogP contribution in [0.4, 0.5) is 0 Å². The predicted molar refractivity (Wildman–Crippen MR) is 83.9 cm³/mol. The SMILES string of the molecule is CC(C(=O)O)c1cccc(C(=O)c2ccccc2)c1.[Na].[Na]. The summed E-state index contributed by atoms with van der Waals surface area (Å²) in [6, 6.07) is 15.7. The molecule has 0 aliphatic rings. The van der Waals surface area contributed by atoms with Crippen molar-refractivity contribution in [3.8, 4) is 0 Å². The largest absolute Gasteiger partial charge is 0.481 e. The van der Waals surface area contributed by atoms with Gasteiger partial charge in [-0.1, -0.05) is 48.5 Å². The van der Waals surface area contributed by atoms with Crippen LogP contribution in [-0.4, -0.2) is 76.0 Å². The maximum atomic E-state index is 12.2. The summed E-state index contributed by atoms with van der Waals surface area (Å²) in [6.45, 7) is 1.61. The Bertz CT molecular complexity index is 612. The summed E-state index contributed by atoms with van der Waals surface area (Å²) < 4.78 is 0. The average Bonchev–Trinajstić information content (AvgIpc) is 2.46. The van der Waals surface area contributed by atoms with Crippen LogP contribution in [0.5, 0.6) is 0 Å². The fraction of sp³-hybridized carbons (Fsp3) is 0.125. The molecule has 0 fully saturated rings. The smallest absolute Gasteiger partial charge is 0.310 e. The molecule has 0 aliphatic heterocycles. The van der Waals surface area contributed by atoms with E-state index in [1.54, 1.807) is 55.5 Å². The first-order chi connectivity index (χ1) is 9.09. The first kappa shape index (κ1) is 20.6. The molecule has 0 heterocycles. The molecule has 1 atom stereocenters. The Labute approximate surface area is 168 Å². The molecule has 0 bridgehead atoms. The molecule has 2 rings (SSSR count). The summed E-state index contributed by atoms with van der Waals surface area (Å²) in [5.74, 6) is -1.62. The molecule has 2 aromatic carbocycles. The number of carbonyl (C=O) groups is 2. The van der Waals surface area contributed by atoms with Crippen molar-refractivity contribution in [2.75, 3.05) is 0 Å². The van der Waals surface area contributed by atoms with Gasteiger partial charge in [0.05, 0.1) is 5.92 Å². The van der Waals surface area contributed by atoms with Gasteiger partial charge in [0.2, 0.25) is 0 Å². The molecule has 2 radical (unpaired) electrons. The molecule has 1 unspecified atom stereocenters. The third-order valence-corrected chi connectivity index (χ3v) is 3.06. The van der Waals surface area contributed by atoms with E-state index in [0.717, 1.165) is 0 Å². The molecule has 0 saturated heterocycles. The second-order valence-corrected chi connectivity index (χ2v) is 4.38. The van der Waals surface area contributed by atoms with Crippen molar-refractivity contribution in [3.63, 3.8) is 0 Å². The van der Waals surface area contributed by atoms with E-state index in [1.165, 1.54) is 0 Å². The van der Waals surface area contributed by atoms with Crippen LogP contribution in [0.15, 0.2) is 54.6 Å². The van der Waals surface area contributed by atoms with E-state index in [-0.39, 0.29) is 64.9 Å². The number of hydrogen-bond acceptors (Lipinski definition) is 2. The number of ketones is 1. The summed E-state index contributed by atoms with van der Waals surface area (Å²) in [5, 5.41) is 9.00. The molecule has 0 aromatic heterocycles. The summed E-state index contributed by atoms with van der Waals surface area (Å²) in [6.07, 6.45) is 0.